The Balaban J connectivity index is 0. The maximum atomic E-state index is 8.10. The van der Waals surface area contributed by atoms with Crippen molar-refractivity contribution in [2.24, 2.45) is 5.92 Å². The lowest BCUT2D eigenvalue weighted by atomic mass is 9.79. The van der Waals surface area contributed by atoms with Gasteiger partial charge in [-0.3, -0.25) is 4.98 Å². The molecule has 0 radical (unpaired) electrons. The van der Waals surface area contributed by atoms with Crippen molar-refractivity contribution in [3.63, 3.8) is 0 Å². The molecule has 34 heavy (non-hydrogen) atoms. The third-order valence-electron chi connectivity index (χ3n) is 5.64. The van der Waals surface area contributed by atoms with Crippen molar-refractivity contribution in [2.75, 3.05) is 0 Å². The number of hydrogen-bond donors (Lipinski definition) is 1. The first-order chi connectivity index (χ1) is 16.3. The van der Waals surface area contributed by atoms with E-state index in [1.165, 1.54) is 22.3 Å². The minimum Gasteiger partial charge on any atom is -0.305 e. The fourth-order valence-corrected chi connectivity index (χ4v) is 3.69. The number of benzene rings is 1. The van der Waals surface area contributed by atoms with Crippen LogP contribution in [0.2, 0.25) is 0 Å². The topological polar surface area (TPSA) is 36.7 Å². The molecule has 2 unspecified atom stereocenters. The number of fused-ring (bicyclic) bond motifs is 1. The molecule has 3 rings (SSSR count). The molecule has 0 saturated carbocycles. The van der Waals surface area contributed by atoms with Gasteiger partial charge in [-0.15, -0.1) is 0 Å². The molecule has 0 fully saturated rings. The highest BCUT2D eigenvalue weighted by Gasteiger charge is 2.24. The quantitative estimate of drug-likeness (QED) is 0.450. The Hall–Kier alpha value is -2.48. The summed E-state index contributed by atoms with van der Waals surface area (Å²) in [5.41, 5.74) is 9.07. The molecule has 1 aromatic heterocycles. The minimum absolute atomic E-state index is 0.477. The van der Waals surface area contributed by atoms with Crippen molar-refractivity contribution in [1.29, 1.82) is 5.41 Å². The molecule has 0 amide bonds. The van der Waals surface area contributed by atoms with Gasteiger partial charge in [0.05, 0.1) is 5.69 Å². The number of pyridine rings is 1. The number of nitrogens with zero attached hydrogens (tertiary/aromatic N) is 1. The molecule has 190 valence electrons. The average Bonchev–Trinajstić information content (AvgIpc) is 2.87. The first-order valence-corrected chi connectivity index (χ1v) is 13.2. The van der Waals surface area contributed by atoms with Crippen molar-refractivity contribution < 1.29 is 0 Å². The maximum Gasteiger partial charge on any atom is 0.0691 e. The van der Waals surface area contributed by atoms with Crippen molar-refractivity contribution >= 4 is 16.9 Å². The van der Waals surface area contributed by atoms with E-state index in [1.807, 2.05) is 72.9 Å². The number of aryl methyl sites for hydroxylation is 1. The maximum absolute atomic E-state index is 8.10. The molecule has 0 bridgehead atoms. The summed E-state index contributed by atoms with van der Waals surface area (Å²) < 4.78 is 0. The fraction of sp³-hybridized carbons (Fsp3) is 0.500. The molecule has 0 saturated heterocycles. The van der Waals surface area contributed by atoms with E-state index >= 15 is 0 Å². The van der Waals surface area contributed by atoms with Gasteiger partial charge in [-0.1, -0.05) is 110 Å². The van der Waals surface area contributed by atoms with Crippen molar-refractivity contribution in [1.82, 2.24) is 4.98 Å². The normalized spacial score (nSPS) is 16.1. The second kappa shape index (κ2) is 18.9. The van der Waals surface area contributed by atoms with E-state index in [9.17, 15) is 0 Å². The Labute approximate surface area is 212 Å². The van der Waals surface area contributed by atoms with E-state index in [2.05, 4.69) is 65.8 Å². The fourth-order valence-electron chi connectivity index (χ4n) is 3.69. The van der Waals surface area contributed by atoms with Crippen molar-refractivity contribution in [3.05, 3.63) is 76.6 Å². The molecule has 1 N–H and O–H groups in total. The average molecular weight is 465 g/mol. The summed E-state index contributed by atoms with van der Waals surface area (Å²) in [5, 5.41) is 8.10. The predicted octanol–water partition coefficient (Wildman–Crippen LogP) is 10.5. The molecule has 1 heterocycles. The van der Waals surface area contributed by atoms with Gasteiger partial charge >= 0.3 is 0 Å². The Bertz CT molecular complexity index is 888. The molecular formula is C32H52N2. The standard InChI is InChI=1S/C19H26N2.C7H8.3C2H6/c1-7-11(2)18(15(6)20)16-9-17-14(5)12(3)8-13(4)19(17)21-10-16;1-7-5-3-2-4-6-7;3*1-2/h8-10,12,14,20H,7H2,1-6H3;2-6H,1H3;3*1-2H3/b18-11+,20-15?;;;;. The van der Waals surface area contributed by atoms with Crippen LogP contribution < -0.4 is 0 Å². The third kappa shape index (κ3) is 10.2. The highest BCUT2D eigenvalue weighted by Crippen LogP contribution is 2.38. The summed E-state index contributed by atoms with van der Waals surface area (Å²) in [4.78, 5) is 4.71. The summed E-state index contributed by atoms with van der Waals surface area (Å²) in [6.07, 6.45) is 5.22. The Morgan fingerprint density at radius 2 is 1.44 bits per heavy atom. The smallest absolute Gasteiger partial charge is 0.0691 e. The third-order valence-corrected chi connectivity index (χ3v) is 5.64. The zero-order valence-corrected chi connectivity index (χ0v) is 24.4. The number of rotatable bonds is 3. The van der Waals surface area contributed by atoms with E-state index in [0.29, 0.717) is 17.5 Å². The Morgan fingerprint density at radius 3 is 1.85 bits per heavy atom. The monoisotopic (exact) mass is 464 g/mol. The van der Waals surface area contributed by atoms with Crippen LogP contribution in [0.1, 0.15) is 118 Å². The van der Waals surface area contributed by atoms with E-state index in [-0.39, 0.29) is 0 Å². The van der Waals surface area contributed by atoms with Crippen LogP contribution in [0.15, 0.2) is 54.2 Å². The highest BCUT2D eigenvalue weighted by atomic mass is 14.7. The van der Waals surface area contributed by atoms with Crippen molar-refractivity contribution in [3.8, 4) is 0 Å². The second-order valence-electron chi connectivity index (χ2n) is 7.95. The number of aromatic nitrogens is 1. The van der Waals surface area contributed by atoms with Gasteiger partial charge in [-0.25, -0.2) is 0 Å². The second-order valence-corrected chi connectivity index (χ2v) is 7.95. The molecule has 1 aliphatic rings. The van der Waals surface area contributed by atoms with Gasteiger partial charge in [0.1, 0.15) is 0 Å². The van der Waals surface area contributed by atoms with Gasteiger partial charge in [0, 0.05) is 23.0 Å². The molecule has 0 spiro atoms. The lowest BCUT2D eigenvalue weighted by Crippen LogP contribution is -2.14. The summed E-state index contributed by atoms with van der Waals surface area (Å²) in [5.74, 6) is 1.01. The number of hydrogen-bond acceptors (Lipinski definition) is 2. The summed E-state index contributed by atoms with van der Waals surface area (Å²) in [6.45, 7) is 26.9. The first kappa shape index (κ1) is 33.7. The summed E-state index contributed by atoms with van der Waals surface area (Å²) >= 11 is 0. The summed E-state index contributed by atoms with van der Waals surface area (Å²) in [6, 6.07) is 12.5. The van der Waals surface area contributed by atoms with Crippen LogP contribution >= 0.6 is 0 Å². The zero-order valence-electron chi connectivity index (χ0n) is 24.4. The molecule has 1 aromatic carbocycles. The molecule has 2 nitrogen and oxygen atoms in total. The molecular weight excluding hydrogens is 412 g/mol. The lowest BCUT2D eigenvalue weighted by Gasteiger charge is -2.27. The van der Waals surface area contributed by atoms with Crippen LogP contribution in [0.5, 0.6) is 0 Å². The van der Waals surface area contributed by atoms with Crippen molar-refractivity contribution in [2.45, 2.75) is 102 Å². The largest absolute Gasteiger partial charge is 0.305 e. The van der Waals surface area contributed by atoms with E-state index in [1.54, 1.807) is 0 Å². The van der Waals surface area contributed by atoms with Gasteiger partial charge in [-0.2, -0.15) is 0 Å². The number of nitrogens with one attached hydrogen (secondary N) is 1. The van der Waals surface area contributed by atoms with Crippen LogP contribution in [-0.4, -0.2) is 10.7 Å². The van der Waals surface area contributed by atoms with Crippen LogP contribution in [0.4, 0.5) is 0 Å². The van der Waals surface area contributed by atoms with Crippen LogP contribution in [0.25, 0.3) is 11.1 Å². The van der Waals surface area contributed by atoms with Gasteiger partial charge in [0.25, 0.3) is 0 Å². The van der Waals surface area contributed by atoms with Gasteiger partial charge in [0.15, 0.2) is 0 Å². The van der Waals surface area contributed by atoms with E-state index in [0.717, 1.165) is 23.3 Å². The van der Waals surface area contributed by atoms with Gasteiger partial charge in [-0.05, 0) is 63.2 Å². The predicted molar refractivity (Wildman–Crippen MR) is 157 cm³/mol. The Morgan fingerprint density at radius 1 is 0.912 bits per heavy atom. The molecule has 2 heteroatoms. The molecule has 0 aliphatic heterocycles. The Kier molecular flexibility index (Phi) is 18.7. The van der Waals surface area contributed by atoms with Crippen LogP contribution in [-0.2, 0) is 0 Å². The first-order valence-electron chi connectivity index (χ1n) is 13.2. The minimum atomic E-state index is 0.477. The van der Waals surface area contributed by atoms with E-state index < -0.39 is 0 Å². The zero-order chi connectivity index (χ0) is 26.8. The SMILES string of the molecule is CC.CC.CC.CC/C(C)=C(\C(C)=N)c1cnc2c(c1)C(C)C(C)C=C2C.Cc1ccccc1. The number of allylic oxidation sites excluding steroid dienone is 4. The van der Waals surface area contributed by atoms with Gasteiger partial charge in [0.2, 0.25) is 0 Å². The van der Waals surface area contributed by atoms with Gasteiger partial charge < -0.3 is 5.41 Å². The molecule has 1 aliphatic carbocycles. The molecule has 2 aromatic rings. The van der Waals surface area contributed by atoms with E-state index in [4.69, 9.17) is 10.4 Å². The molecule has 2 atom stereocenters. The van der Waals surface area contributed by atoms with Crippen LogP contribution in [0, 0.1) is 18.3 Å². The summed E-state index contributed by atoms with van der Waals surface area (Å²) in [7, 11) is 0. The highest BCUT2D eigenvalue weighted by molar-refractivity contribution is 6.22. The van der Waals surface area contributed by atoms with Crippen LogP contribution in [0.3, 0.4) is 0 Å². The lowest BCUT2D eigenvalue weighted by molar-refractivity contribution is 0.579.